The third kappa shape index (κ3) is 2.93. The van der Waals surface area contributed by atoms with Crippen LogP contribution in [0.2, 0.25) is 0 Å². The summed E-state index contributed by atoms with van der Waals surface area (Å²) in [6, 6.07) is 7.34. The fourth-order valence-corrected chi connectivity index (χ4v) is 2.95. The second-order valence-electron chi connectivity index (χ2n) is 5.52. The number of hydrogen-bond donors (Lipinski definition) is 0. The van der Waals surface area contributed by atoms with Gasteiger partial charge in [0.15, 0.2) is 0 Å². The molecule has 118 valence electrons. The van der Waals surface area contributed by atoms with Crippen LogP contribution in [0.15, 0.2) is 42.2 Å². The van der Waals surface area contributed by atoms with Gasteiger partial charge in [0.25, 0.3) is 0 Å². The predicted molar refractivity (Wildman–Crippen MR) is 82.5 cm³/mol. The van der Waals surface area contributed by atoms with Gasteiger partial charge in [0.1, 0.15) is 23.7 Å². The topological polar surface area (TPSA) is 68.5 Å². The minimum Gasteiger partial charge on any atom is -0.497 e. The number of allylic oxidation sites excluding steroid dienone is 1. The van der Waals surface area contributed by atoms with E-state index in [0.717, 1.165) is 5.56 Å². The maximum atomic E-state index is 11.7. The lowest BCUT2D eigenvalue weighted by atomic mass is 9.86. The first-order chi connectivity index (χ1) is 11.2. The third-order valence-electron chi connectivity index (χ3n) is 4.13. The van der Waals surface area contributed by atoms with Gasteiger partial charge in [-0.1, -0.05) is 6.08 Å². The Morgan fingerprint density at radius 2 is 2.26 bits per heavy atom. The number of nitrogens with zero attached hydrogens (tertiary/aromatic N) is 1. The molecule has 5 nitrogen and oxygen atoms in total. The number of carbonyl (C=O) groups excluding carboxylic acids is 1. The summed E-state index contributed by atoms with van der Waals surface area (Å²) in [5.41, 5.74) is 0.570. The average Bonchev–Trinajstić information content (AvgIpc) is 2.95. The highest BCUT2D eigenvalue weighted by Gasteiger charge is 2.43. The standard InChI is InChI=1S/C18H17NO4/c1-21-14-3-2-8-18(9-6-17(20)23-18)15-5-4-13(12-19)11-16(15)22-10-7-14/h2-5,7,11H,6,8-10H2,1H3/b3-2-,14-7-. The van der Waals surface area contributed by atoms with Gasteiger partial charge < -0.3 is 14.2 Å². The lowest BCUT2D eigenvalue weighted by molar-refractivity contribution is -0.149. The molecule has 1 saturated heterocycles. The van der Waals surface area contributed by atoms with Crippen LogP contribution in [0.25, 0.3) is 0 Å². The first kappa shape index (κ1) is 15.2. The average molecular weight is 311 g/mol. The molecule has 0 saturated carbocycles. The van der Waals surface area contributed by atoms with Gasteiger partial charge in [0, 0.05) is 24.8 Å². The molecule has 1 spiro atoms. The summed E-state index contributed by atoms with van der Waals surface area (Å²) in [4.78, 5) is 11.7. The number of hydrogen-bond acceptors (Lipinski definition) is 5. The summed E-state index contributed by atoms with van der Waals surface area (Å²) in [5, 5.41) is 9.11. The zero-order chi connectivity index (χ0) is 16.3. The van der Waals surface area contributed by atoms with Crippen molar-refractivity contribution in [3.63, 3.8) is 0 Å². The van der Waals surface area contributed by atoms with E-state index in [1.807, 2.05) is 24.3 Å². The van der Waals surface area contributed by atoms with E-state index in [1.165, 1.54) is 0 Å². The van der Waals surface area contributed by atoms with Crippen molar-refractivity contribution < 1.29 is 19.0 Å². The molecule has 2 heterocycles. The van der Waals surface area contributed by atoms with Crippen molar-refractivity contribution in [2.45, 2.75) is 24.9 Å². The smallest absolute Gasteiger partial charge is 0.306 e. The summed E-state index contributed by atoms with van der Waals surface area (Å²) in [6.07, 6.45) is 7.11. The van der Waals surface area contributed by atoms with Gasteiger partial charge >= 0.3 is 5.97 Å². The van der Waals surface area contributed by atoms with E-state index in [1.54, 1.807) is 19.2 Å². The molecule has 1 aromatic carbocycles. The molecule has 1 atom stereocenters. The summed E-state index contributed by atoms with van der Waals surface area (Å²) in [6.45, 7) is 0.305. The summed E-state index contributed by atoms with van der Waals surface area (Å²) < 4.78 is 16.8. The Kier molecular flexibility index (Phi) is 4.07. The van der Waals surface area contributed by atoms with Crippen molar-refractivity contribution in [3.05, 3.63) is 53.3 Å². The molecule has 2 aliphatic heterocycles. The van der Waals surface area contributed by atoms with Crippen LogP contribution < -0.4 is 4.74 Å². The van der Waals surface area contributed by atoms with E-state index in [0.29, 0.717) is 42.9 Å². The van der Waals surface area contributed by atoms with Crippen LogP contribution in [0.1, 0.15) is 30.4 Å². The number of nitriles is 1. The van der Waals surface area contributed by atoms with Gasteiger partial charge in [-0.3, -0.25) is 4.79 Å². The molecule has 1 aromatic rings. The fourth-order valence-electron chi connectivity index (χ4n) is 2.95. The fraction of sp³-hybridized carbons (Fsp3) is 0.333. The van der Waals surface area contributed by atoms with Crippen LogP contribution in [-0.2, 0) is 19.9 Å². The predicted octanol–water partition coefficient (Wildman–Crippen LogP) is 2.96. The Balaban J connectivity index is 2.09. The Bertz CT molecular complexity index is 729. The highest BCUT2D eigenvalue weighted by molar-refractivity contribution is 5.73. The number of methoxy groups -OCH3 is 1. The lowest BCUT2D eigenvalue weighted by Crippen LogP contribution is -2.26. The largest absolute Gasteiger partial charge is 0.497 e. The monoisotopic (exact) mass is 311 g/mol. The first-order valence-corrected chi connectivity index (χ1v) is 7.47. The second-order valence-corrected chi connectivity index (χ2v) is 5.52. The molecule has 5 heteroatoms. The number of esters is 1. The maximum absolute atomic E-state index is 11.7. The Hall–Kier alpha value is -2.74. The van der Waals surface area contributed by atoms with E-state index in [4.69, 9.17) is 19.5 Å². The number of carbonyl (C=O) groups is 1. The van der Waals surface area contributed by atoms with E-state index < -0.39 is 5.60 Å². The molecule has 1 fully saturated rings. The van der Waals surface area contributed by atoms with Crippen LogP contribution in [0.5, 0.6) is 5.75 Å². The van der Waals surface area contributed by atoms with Gasteiger partial charge in [0.2, 0.25) is 0 Å². The molecule has 0 radical (unpaired) electrons. The van der Waals surface area contributed by atoms with Crippen LogP contribution in [-0.4, -0.2) is 19.7 Å². The van der Waals surface area contributed by atoms with Crippen molar-refractivity contribution in [2.24, 2.45) is 0 Å². The first-order valence-electron chi connectivity index (χ1n) is 7.47. The second kappa shape index (κ2) is 6.17. The molecule has 1 unspecified atom stereocenters. The molecule has 0 bridgehead atoms. The maximum Gasteiger partial charge on any atom is 0.306 e. The van der Waals surface area contributed by atoms with E-state index in [-0.39, 0.29) is 5.97 Å². The third-order valence-corrected chi connectivity index (χ3v) is 4.13. The van der Waals surface area contributed by atoms with E-state index >= 15 is 0 Å². The van der Waals surface area contributed by atoms with Crippen molar-refractivity contribution in [1.82, 2.24) is 0 Å². The zero-order valence-electron chi connectivity index (χ0n) is 12.9. The van der Waals surface area contributed by atoms with Gasteiger partial charge in [-0.25, -0.2) is 0 Å². The van der Waals surface area contributed by atoms with Gasteiger partial charge in [0.05, 0.1) is 18.7 Å². The number of rotatable bonds is 1. The minimum atomic E-state index is -0.743. The number of ether oxygens (including phenoxy) is 3. The zero-order valence-corrected chi connectivity index (χ0v) is 12.9. The SMILES string of the molecule is COC1=C\COc2cc(C#N)ccc2C2(C/C=C\1)CCC(=O)O2. The molecule has 23 heavy (non-hydrogen) atoms. The number of benzene rings is 1. The van der Waals surface area contributed by atoms with Crippen molar-refractivity contribution in [1.29, 1.82) is 5.26 Å². The van der Waals surface area contributed by atoms with Crippen molar-refractivity contribution >= 4 is 5.97 Å². The van der Waals surface area contributed by atoms with Gasteiger partial charge in [-0.2, -0.15) is 5.26 Å². The molecule has 0 amide bonds. The van der Waals surface area contributed by atoms with Crippen LogP contribution in [0.4, 0.5) is 0 Å². The van der Waals surface area contributed by atoms with E-state index in [2.05, 4.69) is 6.07 Å². The molecular weight excluding hydrogens is 294 g/mol. The van der Waals surface area contributed by atoms with Gasteiger partial charge in [-0.05, 0) is 30.4 Å². The molecule has 0 aromatic heterocycles. The summed E-state index contributed by atoms with van der Waals surface area (Å²) in [7, 11) is 1.59. The number of fused-ring (bicyclic) bond motifs is 2. The highest BCUT2D eigenvalue weighted by Crippen LogP contribution is 2.44. The van der Waals surface area contributed by atoms with Crippen LogP contribution >= 0.6 is 0 Å². The molecular formula is C18H17NO4. The highest BCUT2D eigenvalue weighted by atomic mass is 16.6. The van der Waals surface area contributed by atoms with Crippen LogP contribution in [0, 0.1) is 11.3 Å². The Morgan fingerprint density at radius 1 is 1.39 bits per heavy atom. The Labute approximate surface area is 134 Å². The molecule has 2 aliphatic rings. The summed E-state index contributed by atoms with van der Waals surface area (Å²) in [5.74, 6) is 1.04. The normalized spacial score (nSPS) is 27.0. The Morgan fingerprint density at radius 3 is 2.96 bits per heavy atom. The van der Waals surface area contributed by atoms with Crippen molar-refractivity contribution in [3.8, 4) is 11.8 Å². The van der Waals surface area contributed by atoms with Crippen molar-refractivity contribution in [2.75, 3.05) is 13.7 Å². The molecule has 0 aliphatic carbocycles. The minimum absolute atomic E-state index is 0.215. The van der Waals surface area contributed by atoms with Crippen LogP contribution in [0.3, 0.4) is 0 Å². The van der Waals surface area contributed by atoms with Gasteiger partial charge in [-0.15, -0.1) is 0 Å². The lowest BCUT2D eigenvalue weighted by Gasteiger charge is -2.29. The summed E-state index contributed by atoms with van der Waals surface area (Å²) >= 11 is 0. The van der Waals surface area contributed by atoms with E-state index in [9.17, 15) is 4.79 Å². The quantitative estimate of drug-likeness (QED) is 0.746. The molecule has 3 rings (SSSR count). The molecule has 0 N–H and O–H groups in total.